The van der Waals surface area contributed by atoms with Crippen LogP contribution in [0.4, 0.5) is 17.1 Å². The van der Waals surface area contributed by atoms with Crippen LogP contribution in [0.2, 0.25) is 0 Å². The lowest BCUT2D eigenvalue weighted by molar-refractivity contribution is 0.623. The van der Waals surface area contributed by atoms with Crippen molar-refractivity contribution in [3.8, 4) is 22.6 Å². The molecule has 0 unspecified atom stereocenters. The Morgan fingerprint density at radius 3 is 2.02 bits per heavy atom. The highest BCUT2D eigenvalue weighted by atomic mass is 32.1. The van der Waals surface area contributed by atoms with Crippen LogP contribution in [0, 0.1) is 0 Å². The van der Waals surface area contributed by atoms with Gasteiger partial charge < -0.3 is 9.32 Å². The van der Waals surface area contributed by atoms with E-state index in [1.165, 1.54) is 31.3 Å². The molecule has 0 aliphatic carbocycles. The van der Waals surface area contributed by atoms with Gasteiger partial charge in [0.15, 0.2) is 5.58 Å². The summed E-state index contributed by atoms with van der Waals surface area (Å²) in [6.07, 6.45) is 0. The van der Waals surface area contributed by atoms with Gasteiger partial charge in [-0.25, -0.2) is 4.98 Å². The van der Waals surface area contributed by atoms with Crippen LogP contribution < -0.4 is 4.90 Å². The van der Waals surface area contributed by atoms with Crippen molar-refractivity contribution in [2.24, 2.45) is 0 Å². The number of hydrogen-bond acceptors (Lipinski definition) is 4. The van der Waals surface area contributed by atoms with Gasteiger partial charge in [0.05, 0.1) is 5.69 Å². The molecule has 49 heavy (non-hydrogen) atoms. The number of benzene rings is 8. The lowest BCUT2D eigenvalue weighted by atomic mass is 9.99. The summed E-state index contributed by atoms with van der Waals surface area (Å²) < 4.78 is 9.14. The molecular weight excluding hydrogens is 617 g/mol. The van der Waals surface area contributed by atoms with E-state index >= 15 is 0 Å². The Labute approximate surface area is 286 Å². The molecule has 10 aromatic rings. The maximum atomic E-state index is 6.58. The molecule has 0 saturated carbocycles. The van der Waals surface area contributed by atoms with Crippen LogP contribution in [-0.4, -0.2) is 4.98 Å². The van der Waals surface area contributed by atoms with Crippen molar-refractivity contribution in [1.82, 2.24) is 4.98 Å². The molecule has 0 aliphatic heterocycles. The summed E-state index contributed by atoms with van der Waals surface area (Å²) in [6, 6.07) is 60.4. The van der Waals surface area contributed by atoms with Crippen LogP contribution in [0.3, 0.4) is 0 Å². The summed E-state index contributed by atoms with van der Waals surface area (Å²) in [4.78, 5) is 7.33. The van der Waals surface area contributed by atoms with Gasteiger partial charge in [-0.1, -0.05) is 109 Å². The smallest absolute Gasteiger partial charge is 0.227 e. The largest absolute Gasteiger partial charge is 0.435 e. The molecule has 10 rings (SSSR count). The van der Waals surface area contributed by atoms with E-state index in [1.807, 2.05) is 41.7 Å². The molecule has 0 bridgehead atoms. The van der Waals surface area contributed by atoms with E-state index in [9.17, 15) is 0 Å². The van der Waals surface area contributed by atoms with Gasteiger partial charge in [-0.3, -0.25) is 0 Å². The van der Waals surface area contributed by atoms with Gasteiger partial charge in [0.1, 0.15) is 5.52 Å². The standard InChI is InChI=1S/C45H28N2OS/c1-3-11-29(12-4-1)33-15-9-16-34(27-33)47(39-18-10-20-41-43(39)36-17-7-8-19-40(36)49-41)35-25-23-30-21-22-31-24-26-38-44(42(31)37(30)28-35)48-45(46-38)32-13-5-2-6-14-32/h1-28H. The van der Waals surface area contributed by atoms with E-state index < -0.39 is 0 Å². The number of oxazole rings is 1. The first kappa shape index (κ1) is 27.8. The SMILES string of the molecule is c1ccc(-c2cccc(N(c3ccc4ccc5ccc6nc(-c7ccccc7)oc6c5c4c3)c3cccc4sc5ccccc5c34)c2)cc1. The number of anilines is 3. The zero-order chi connectivity index (χ0) is 32.3. The normalized spacial score (nSPS) is 11.7. The Hall–Kier alpha value is -6.23. The van der Waals surface area contributed by atoms with Crippen molar-refractivity contribution in [3.05, 3.63) is 170 Å². The molecule has 0 fully saturated rings. The molecule has 0 radical (unpaired) electrons. The second-order valence-electron chi connectivity index (χ2n) is 12.4. The fourth-order valence-corrected chi connectivity index (χ4v) is 8.30. The molecule has 8 aromatic carbocycles. The summed E-state index contributed by atoms with van der Waals surface area (Å²) in [5.41, 5.74) is 8.31. The summed E-state index contributed by atoms with van der Waals surface area (Å²) in [5, 5.41) is 7.00. The maximum absolute atomic E-state index is 6.58. The van der Waals surface area contributed by atoms with Gasteiger partial charge in [0.2, 0.25) is 5.89 Å². The zero-order valence-electron chi connectivity index (χ0n) is 26.4. The maximum Gasteiger partial charge on any atom is 0.227 e. The van der Waals surface area contributed by atoms with Crippen LogP contribution in [0.15, 0.2) is 174 Å². The van der Waals surface area contributed by atoms with Crippen LogP contribution in [0.25, 0.3) is 75.4 Å². The minimum absolute atomic E-state index is 0.631. The van der Waals surface area contributed by atoms with Crippen molar-refractivity contribution in [3.63, 3.8) is 0 Å². The van der Waals surface area contributed by atoms with Crippen LogP contribution >= 0.6 is 11.3 Å². The van der Waals surface area contributed by atoms with E-state index in [-0.39, 0.29) is 0 Å². The van der Waals surface area contributed by atoms with Gasteiger partial charge in [-0.15, -0.1) is 11.3 Å². The Bertz CT molecular complexity index is 2840. The second kappa shape index (κ2) is 11.2. The van der Waals surface area contributed by atoms with E-state index in [4.69, 9.17) is 9.40 Å². The molecular formula is C45H28N2OS. The minimum atomic E-state index is 0.631. The molecule has 3 nitrogen and oxygen atoms in total. The van der Waals surface area contributed by atoms with Gasteiger partial charge in [-0.2, -0.15) is 0 Å². The fourth-order valence-electron chi connectivity index (χ4n) is 7.18. The molecule has 0 aliphatic rings. The third-order valence-corrected chi connectivity index (χ3v) is 10.6. The lowest BCUT2D eigenvalue weighted by Gasteiger charge is -2.27. The molecule has 0 amide bonds. The number of rotatable bonds is 5. The second-order valence-corrected chi connectivity index (χ2v) is 13.5. The first-order valence-corrected chi connectivity index (χ1v) is 17.3. The molecule has 0 saturated heterocycles. The Morgan fingerprint density at radius 1 is 0.469 bits per heavy atom. The van der Waals surface area contributed by atoms with Gasteiger partial charge in [0, 0.05) is 42.5 Å². The van der Waals surface area contributed by atoms with Crippen LogP contribution in [-0.2, 0) is 0 Å². The molecule has 2 aromatic heterocycles. The van der Waals surface area contributed by atoms with Crippen LogP contribution in [0.1, 0.15) is 0 Å². The highest BCUT2D eigenvalue weighted by molar-refractivity contribution is 7.26. The Morgan fingerprint density at radius 2 is 1.14 bits per heavy atom. The van der Waals surface area contributed by atoms with Crippen molar-refractivity contribution in [1.29, 1.82) is 0 Å². The van der Waals surface area contributed by atoms with E-state index in [2.05, 4.69) is 144 Å². The van der Waals surface area contributed by atoms with Crippen molar-refractivity contribution < 1.29 is 4.42 Å². The molecule has 0 N–H and O–H groups in total. The lowest BCUT2D eigenvalue weighted by Crippen LogP contribution is -2.10. The molecule has 0 spiro atoms. The summed E-state index contributed by atoms with van der Waals surface area (Å²) in [6.45, 7) is 0. The number of thiophene rings is 1. The zero-order valence-corrected chi connectivity index (χ0v) is 27.2. The highest BCUT2D eigenvalue weighted by Gasteiger charge is 2.20. The van der Waals surface area contributed by atoms with E-state index in [1.54, 1.807) is 0 Å². The van der Waals surface area contributed by atoms with Crippen molar-refractivity contribution in [2.75, 3.05) is 4.90 Å². The quantitative estimate of drug-likeness (QED) is 0.175. The van der Waals surface area contributed by atoms with E-state index in [0.717, 1.165) is 55.3 Å². The topological polar surface area (TPSA) is 29.3 Å². The average molecular weight is 645 g/mol. The van der Waals surface area contributed by atoms with Gasteiger partial charge >= 0.3 is 0 Å². The first-order valence-electron chi connectivity index (χ1n) is 16.5. The predicted molar refractivity (Wildman–Crippen MR) is 207 cm³/mol. The van der Waals surface area contributed by atoms with Crippen LogP contribution in [0.5, 0.6) is 0 Å². The number of fused-ring (bicyclic) bond motifs is 8. The summed E-state index contributed by atoms with van der Waals surface area (Å²) in [7, 11) is 0. The third-order valence-electron chi connectivity index (χ3n) is 9.45. The van der Waals surface area contributed by atoms with Gasteiger partial charge in [0.25, 0.3) is 0 Å². The van der Waals surface area contributed by atoms with E-state index in [0.29, 0.717) is 5.89 Å². The minimum Gasteiger partial charge on any atom is -0.435 e. The van der Waals surface area contributed by atoms with Crippen molar-refractivity contribution >= 4 is 81.2 Å². The first-order chi connectivity index (χ1) is 24.3. The molecule has 2 heterocycles. The average Bonchev–Trinajstić information content (AvgIpc) is 3.78. The van der Waals surface area contributed by atoms with Crippen molar-refractivity contribution in [2.45, 2.75) is 0 Å². The monoisotopic (exact) mass is 644 g/mol. The number of hydrogen-bond donors (Lipinski definition) is 0. The predicted octanol–water partition coefficient (Wildman–Crippen LogP) is 13.3. The number of nitrogens with zero attached hydrogens (tertiary/aromatic N) is 2. The summed E-state index contributed by atoms with van der Waals surface area (Å²) in [5.74, 6) is 0.631. The third kappa shape index (κ3) is 4.61. The number of aromatic nitrogens is 1. The highest BCUT2D eigenvalue weighted by Crippen LogP contribution is 2.46. The summed E-state index contributed by atoms with van der Waals surface area (Å²) >= 11 is 1.84. The molecule has 0 atom stereocenters. The fraction of sp³-hybridized carbons (Fsp3) is 0. The van der Waals surface area contributed by atoms with Gasteiger partial charge in [-0.05, 0) is 87.9 Å². The Kier molecular flexibility index (Phi) is 6.36. The molecule has 4 heteroatoms. The Balaban J connectivity index is 1.25. The molecule has 230 valence electrons.